The molecule has 1 aliphatic carbocycles. The van der Waals surface area contributed by atoms with Crippen molar-refractivity contribution < 1.29 is 19.1 Å². The first kappa shape index (κ1) is 21.6. The third kappa shape index (κ3) is 5.33. The van der Waals surface area contributed by atoms with Crippen molar-refractivity contribution in [3.63, 3.8) is 0 Å². The van der Waals surface area contributed by atoms with Crippen LogP contribution in [0.15, 0.2) is 60.7 Å². The summed E-state index contributed by atoms with van der Waals surface area (Å²) in [6.07, 6.45) is 1.82. The molecule has 0 bridgehead atoms. The average molecular weight is 450 g/mol. The number of amides is 3. The Morgan fingerprint density at radius 2 is 1.72 bits per heavy atom. The van der Waals surface area contributed by atoms with Gasteiger partial charge in [-0.15, -0.1) is 11.3 Å². The fraction of sp³-hybridized carbons (Fsp3) is 0.208. The number of hydrogen-bond donors (Lipinski definition) is 3. The van der Waals surface area contributed by atoms with Crippen LogP contribution < -0.4 is 20.9 Å². The smallest absolute Gasteiger partial charge is 0.280 e. The van der Waals surface area contributed by atoms with E-state index >= 15 is 0 Å². The molecule has 32 heavy (non-hydrogen) atoms. The van der Waals surface area contributed by atoms with Gasteiger partial charge in [-0.05, 0) is 43.0 Å². The highest BCUT2D eigenvalue weighted by Gasteiger charge is 2.30. The molecule has 2 aromatic carbocycles. The SMILES string of the molecule is Cc1cc(NC(=O)C2CC2)sc1C(=O)NNC(=O)COc1ccccc1-c1ccccc1. The van der Waals surface area contributed by atoms with Crippen molar-refractivity contribution in [3.05, 3.63) is 71.1 Å². The zero-order chi connectivity index (χ0) is 22.5. The number of carbonyl (C=O) groups excluding carboxylic acids is 3. The van der Waals surface area contributed by atoms with E-state index in [0.717, 1.165) is 29.5 Å². The Hall–Kier alpha value is -3.65. The first-order valence-corrected chi connectivity index (χ1v) is 11.1. The van der Waals surface area contributed by atoms with Gasteiger partial charge in [0.25, 0.3) is 11.8 Å². The van der Waals surface area contributed by atoms with Crippen molar-refractivity contribution in [1.29, 1.82) is 0 Å². The molecule has 1 fully saturated rings. The minimum atomic E-state index is -0.488. The van der Waals surface area contributed by atoms with Gasteiger partial charge in [-0.2, -0.15) is 0 Å². The van der Waals surface area contributed by atoms with Crippen molar-refractivity contribution in [3.8, 4) is 16.9 Å². The predicted molar refractivity (Wildman–Crippen MR) is 123 cm³/mol. The maximum atomic E-state index is 12.5. The van der Waals surface area contributed by atoms with Crippen LogP contribution in [0.5, 0.6) is 5.75 Å². The summed E-state index contributed by atoms with van der Waals surface area (Å²) in [6, 6.07) is 18.9. The zero-order valence-corrected chi connectivity index (χ0v) is 18.3. The van der Waals surface area contributed by atoms with Crippen LogP contribution in [0.1, 0.15) is 28.1 Å². The standard InChI is InChI=1S/C24H23N3O4S/c1-15-13-21(25-23(29)17-11-12-17)32-22(15)24(30)27-26-20(28)14-31-19-10-6-5-9-18(19)16-7-3-2-4-8-16/h2-10,13,17H,11-12,14H2,1H3,(H,25,29)(H,26,28)(H,27,30). The molecule has 7 nitrogen and oxygen atoms in total. The highest BCUT2D eigenvalue weighted by atomic mass is 32.1. The molecule has 0 saturated heterocycles. The predicted octanol–water partition coefficient (Wildman–Crippen LogP) is 3.91. The van der Waals surface area contributed by atoms with Crippen LogP contribution in [0, 0.1) is 12.8 Å². The average Bonchev–Trinajstić information content (AvgIpc) is 3.60. The Kier molecular flexibility index (Phi) is 6.51. The lowest BCUT2D eigenvalue weighted by Gasteiger charge is -2.12. The van der Waals surface area contributed by atoms with Crippen LogP contribution in [-0.2, 0) is 9.59 Å². The highest BCUT2D eigenvalue weighted by molar-refractivity contribution is 7.18. The summed E-state index contributed by atoms with van der Waals surface area (Å²) in [5, 5.41) is 3.46. The minimum Gasteiger partial charge on any atom is -0.483 e. The van der Waals surface area contributed by atoms with E-state index in [2.05, 4.69) is 16.2 Å². The molecule has 3 aromatic rings. The number of thiophene rings is 1. The van der Waals surface area contributed by atoms with Crippen molar-refractivity contribution in [2.24, 2.45) is 5.92 Å². The number of ether oxygens (including phenoxy) is 1. The van der Waals surface area contributed by atoms with Gasteiger partial charge in [0.1, 0.15) is 5.75 Å². The molecule has 3 N–H and O–H groups in total. The number of hydrazine groups is 1. The van der Waals surface area contributed by atoms with Crippen LogP contribution >= 0.6 is 11.3 Å². The molecule has 0 unspecified atom stereocenters. The summed E-state index contributed by atoms with van der Waals surface area (Å²) >= 11 is 1.18. The van der Waals surface area contributed by atoms with Crippen molar-refractivity contribution >= 4 is 34.1 Å². The lowest BCUT2D eigenvalue weighted by atomic mass is 10.1. The van der Waals surface area contributed by atoms with Crippen LogP contribution in [0.25, 0.3) is 11.1 Å². The fourth-order valence-corrected chi connectivity index (χ4v) is 4.12. The van der Waals surface area contributed by atoms with Gasteiger partial charge in [0.2, 0.25) is 5.91 Å². The lowest BCUT2D eigenvalue weighted by molar-refractivity contribution is -0.123. The van der Waals surface area contributed by atoms with Crippen LogP contribution in [0.4, 0.5) is 5.00 Å². The number of aryl methyl sites for hydroxylation is 1. The number of hydrogen-bond acceptors (Lipinski definition) is 5. The van der Waals surface area contributed by atoms with E-state index in [0.29, 0.717) is 15.6 Å². The second-order valence-electron chi connectivity index (χ2n) is 7.54. The molecular weight excluding hydrogens is 426 g/mol. The number of rotatable bonds is 7. The van der Waals surface area contributed by atoms with E-state index < -0.39 is 11.8 Å². The summed E-state index contributed by atoms with van der Waals surface area (Å²) in [5.74, 6) is -0.291. The van der Waals surface area contributed by atoms with Crippen LogP contribution in [0.3, 0.4) is 0 Å². The van der Waals surface area contributed by atoms with E-state index in [-0.39, 0.29) is 18.4 Å². The van der Waals surface area contributed by atoms with Gasteiger partial charge in [0.15, 0.2) is 6.61 Å². The number of carbonyl (C=O) groups is 3. The maximum absolute atomic E-state index is 12.5. The normalized spacial score (nSPS) is 12.7. The number of anilines is 1. The van der Waals surface area contributed by atoms with Crippen molar-refractivity contribution in [2.75, 3.05) is 11.9 Å². The lowest BCUT2D eigenvalue weighted by Crippen LogP contribution is -2.43. The first-order valence-electron chi connectivity index (χ1n) is 10.3. The molecule has 8 heteroatoms. The topological polar surface area (TPSA) is 96.5 Å². The van der Waals surface area contributed by atoms with Gasteiger partial charge in [-0.25, -0.2) is 0 Å². The molecule has 1 aliphatic rings. The molecule has 164 valence electrons. The molecule has 0 aliphatic heterocycles. The largest absolute Gasteiger partial charge is 0.483 e. The molecule has 1 saturated carbocycles. The van der Waals surface area contributed by atoms with Gasteiger partial charge in [0, 0.05) is 11.5 Å². The summed E-state index contributed by atoms with van der Waals surface area (Å²) in [7, 11) is 0. The number of nitrogens with one attached hydrogen (secondary N) is 3. The number of benzene rings is 2. The van der Waals surface area contributed by atoms with Gasteiger partial charge >= 0.3 is 0 Å². The Balaban J connectivity index is 1.30. The molecule has 1 heterocycles. The molecule has 0 spiro atoms. The summed E-state index contributed by atoms with van der Waals surface area (Å²) in [6.45, 7) is 1.53. The van der Waals surface area contributed by atoms with Gasteiger partial charge in [-0.3, -0.25) is 25.2 Å². The Bertz CT molecular complexity index is 1140. The van der Waals surface area contributed by atoms with Gasteiger partial charge in [-0.1, -0.05) is 48.5 Å². The quantitative estimate of drug-likeness (QED) is 0.477. The molecule has 4 rings (SSSR count). The third-order valence-electron chi connectivity index (χ3n) is 4.96. The van der Waals surface area contributed by atoms with Crippen LogP contribution in [-0.4, -0.2) is 24.3 Å². The van der Waals surface area contributed by atoms with E-state index in [1.165, 1.54) is 11.3 Å². The summed E-state index contributed by atoms with van der Waals surface area (Å²) in [4.78, 5) is 37.0. The zero-order valence-electron chi connectivity index (χ0n) is 17.5. The van der Waals surface area contributed by atoms with E-state index in [9.17, 15) is 14.4 Å². The Morgan fingerprint density at radius 3 is 2.47 bits per heavy atom. The molecular formula is C24H23N3O4S. The number of para-hydroxylation sites is 1. The Morgan fingerprint density at radius 1 is 1.00 bits per heavy atom. The molecule has 3 amide bonds. The van der Waals surface area contributed by atoms with Crippen molar-refractivity contribution in [1.82, 2.24) is 10.9 Å². The molecule has 0 atom stereocenters. The first-order chi connectivity index (χ1) is 15.5. The van der Waals surface area contributed by atoms with Crippen LogP contribution in [0.2, 0.25) is 0 Å². The second kappa shape index (κ2) is 9.65. The minimum absolute atomic E-state index is 0.0144. The second-order valence-corrected chi connectivity index (χ2v) is 8.59. The van der Waals surface area contributed by atoms with E-state index in [4.69, 9.17) is 4.74 Å². The maximum Gasteiger partial charge on any atom is 0.280 e. The summed E-state index contributed by atoms with van der Waals surface area (Å²) in [5.41, 5.74) is 7.35. The molecule has 1 aromatic heterocycles. The monoisotopic (exact) mass is 449 g/mol. The molecule has 0 radical (unpaired) electrons. The summed E-state index contributed by atoms with van der Waals surface area (Å²) < 4.78 is 5.68. The third-order valence-corrected chi connectivity index (χ3v) is 6.12. The van der Waals surface area contributed by atoms with Gasteiger partial charge < -0.3 is 10.1 Å². The van der Waals surface area contributed by atoms with Gasteiger partial charge in [0.05, 0.1) is 9.88 Å². The van der Waals surface area contributed by atoms with Crippen molar-refractivity contribution in [2.45, 2.75) is 19.8 Å². The van der Waals surface area contributed by atoms with E-state index in [1.54, 1.807) is 19.1 Å². The van der Waals surface area contributed by atoms with E-state index in [1.807, 2.05) is 48.5 Å². The Labute approximate surface area is 189 Å². The highest BCUT2D eigenvalue weighted by Crippen LogP contribution is 2.33. The fourth-order valence-electron chi connectivity index (χ4n) is 3.15.